The average molecular weight is 396 g/mol. The van der Waals surface area contributed by atoms with Crippen LogP contribution in [-0.4, -0.2) is 28.9 Å². The van der Waals surface area contributed by atoms with Crippen LogP contribution in [0.4, 0.5) is 20.6 Å². The molecule has 0 aliphatic rings. The molecule has 0 spiro atoms. The molecule has 0 atom stereocenters. The second kappa shape index (κ2) is 8.55. The second-order valence-corrected chi connectivity index (χ2v) is 6.46. The van der Waals surface area contributed by atoms with Crippen molar-refractivity contribution in [3.05, 3.63) is 71.3 Å². The molecular formula is C21H21FN4O3. The Bertz CT molecular complexity index is 1030. The third-order valence-electron chi connectivity index (χ3n) is 4.45. The van der Waals surface area contributed by atoms with Crippen LogP contribution in [-0.2, 0) is 16.0 Å². The zero-order chi connectivity index (χ0) is 21.0. The van der Waals surface area contributed by atoms with Crippen LogP contribution in [0.25, 0.3) is 5.69 Å². The number of anilines is 2. The Morgan fingerprint density at radius 3 is 2.17 bits per heavy atom. The summed E-state index contributed by atoms with van der Waals surface area (Å²) in [7, 11) is 1.28. The van der Waals surface area contributed by atoms with Crippen LogP contribution in [0.1, 0.15) is 17.0 Å². The Morgan fingerprint density at radius 2 is 1.59 bits per heavy atom. The van der Waals surface area contributed by atoms with E-state index in [0.717, 1.165) is 22.6 Å². The predicted molar refractivity (Wildman–Crippen MR) is 108 cm³/mol. The Morgan fingerprint density at radius 1 is 1.00 bits per heavy atom. The molecule has 1 aromatic heterocycles. The highest BCUT2D eigenvalue weighted by atomic mass is 19.1. The van der Waals surface area contributed by atoms with Gasteiger partial charge in [0.2, 0.25) is 5.91 Å². The first-order valence-corrected chi connectivity index (χ1v) is 8.93. The number of rotatable bonds is 5. The maximum absolute atomic E-state index is 13.2. The van der Waals surface area contributed by atoms with Crippen LogP contribution in [0.3, 0.4) is 0 Å². The number of aromatic nitrogens is 2. The van der Waals surface area contributed by atoms with Crippen LogP contribution in [0.2, 0.25) is 0 Å². The number of carbonyl (C=O) groups excluding carboxylic acids is 2. The first kappa shape index (κ1) is 20.1. The minimum Gasteiger partial charge on any atom is -0.453 e. The van der Waals surface area contributed by atoms with Crippen molar-refractivity contribution in [2.75, 3.05) is 17.7 Å². The van der Waals surface area contributed by atoms with Crippen LogP contribution in [0, 0.1) is 19.7 Å². The number of ether oxygens (including phenoxy) is 1. The van der Waals surface area contributed by atoms with E-state index in [1.54, 1.807) is 41.1 Å². The lowest BCUT2D eigenvalue weighted by molar-refractivity contribution is -0.115. The number of halogens is 1. The van der Waals surface area contributed by atoms with Crippen molar-refractivity contribution in [1.82, 2.24) is 9.78 Å². The normalized spacial score (nSPS) is 10.5. The molecule has 2 aromatic carbocycles. The molecule has 0 fully saturated rings. The fourth-order valence-corrected chi connectivity index (χ4v) is 2.94. The van der Waals surface area contributed by atoms with E-state index in [0.29, 0.717) is 11.4 Å². The smallest absolute Gasteiger partial charge is 0.411 e. The Balaban J connectivity index is 1.69. The second-order valence-electron chi connectivity index (χ2n) is 6.46. The van der Waals surface area contributed by atoms with Gasteiger partial charge < -0.3 is 10.1 Å². The van der Waals surface area contributed by atoms with Crippen molar-refractivity contribution in [3.63, 3.8) is 0 Å². The maximum Gasteiger partial charge on any atom is 0.411 e. The summed E-state index contributed by atoms with van der Waals surface area (Å²) in [6.07, 6.45) is -0.410. The van der Waals surface area contributed by atoms with Gasteiger partial charge in [-0.25, -0.2) is 13.9 Å². The third kappa shape index (κ3) is 4.78. The summed E-state index contributed by atoms with van der Waals surface area (Å²) in [6.45, 7) is 3.71. The van der Waals surface area contributed by atoms with Crippen LogP contribution in [0.5, 0.6) is 0 Å². The van der Waals surface area contributed by atoms with Gasteiger partial charge in [0.1, 0.15) is 5.82 Å². The number of benzene rings is 2. The van der Waals surface area contributed by atoms with Gasteiger partial charge in [0, 0.05) is 22.6 Å². The molecule has 3 aromatic rings. The van der Waals surface area contributed by atoms with Crippen molar-refractivity contribution >= 4 is 23.4 Å². The molecular weight excluding hydrogens is 375 g/mol. The van der Waals surface area contributed by atoms with E-state index < -0.39 is 6.09 Å². The quantitative estimate of drug-likeness (QED) is 0.683. The molecule has 29 heavy (non-hydrogen) atoms. The highest BCUT2D eigenvalue weighted by Gasteiger charge is 2.16. The summed E-state index contributed by atoms with van der Waals surface area (Å²) in [5.74, 6) is -0.508. The third-order valence-corrected chi connectivity index (χ3v) is 4.45. The predicted octanol–water partition coefficient (Wildman–Crippen LogP) is 3.99. The lowest BCUT2D eigenvalue weighted by Gasteiger charge is -2.08. The van der Waals surface area contributed by atoms with E-state index in [-0.39, 0.29) is 18.1 Å². The zero-order valence-corrected chi connectivity index (χ0v) is 16.3. The Labute approximate surface area is 167 Å². The number of hydrogen-bond donors (Lipinski definition) is 2. The first-order valence-electron chi connectivity index (χ1n) is 8.93. The van der Waals surface area contributed by atoms with E-state index in [1.807, 2.05) is 13.8 Å². The Hall–Kier alpha value is -3.68. The fraction of sp³-hybridized carbons (Fsp3) is 0.190. The average Bonchev–Trinajstić information content (AvgIpc) is 2.98. The molecule has 2 amide bonds. The highest BCUT2D eigenvalue weighted by molar-refractivity contribution is 5.93. The van der Waals surface area contributed by atoms with Crippen LogP contribution >= 0.6 is 0 Å². The number of nitrogens with zero attached hydrogens (tertiary/aromatic N) is 2. The summed E-state index contributed by atoms with van der Waals surface area (Å²) in [5.41, 5.74) is 4.26. The maximum atomic E-state index is 13.2. The van der Waals surface area contributed by atoms with E-state index in [9.17, 15) is 14.0 Å². The van der Waals surface area contributed by atoms with Crippen LogP contribution in [0.15, 0.2) is 48.5 Å². The van der Waals surface area contributed by atoms with Crippen molar-refractivity contribution < 1.29 is 18.7 Å². The lowest BCUT2D eigenvalue weighted by Crippen LogP contribution is -2.15. The van der Waals surface area contributed by atoms with E-state index in [4.69, 9.17) is 0 Å². The van der Waals surface area contributed by atoms with Gasteiger partial charge in [-0.2, -0.15) is 5.10 Å². The van der Waals surface area contributed by atoms with Gasteiger partial charge in [-0.15, -0.1) is 0 Å². The molecule has 0 aliphatic carbocycles. The standard InChI is InChI=1S/C21H21FN4O3/c1-13-19(14(2)26(25-13)18-10-4-15(22)5-11-18)12-20(27)23-16-6-8-17(9-7-16)24-21(28)29-3/h4-11H,12H2,1-3H3,(H,23,27)(H,24,28). The molecule has 150 valence electrons. The van der Waals surface area contributed by atoms with Gasteiger partial charge in [0.05, 0.1) is 24.9 Å². The zero-order valence-electron chi connectivity index (χ0n) is 16.3. The molecule has 0 bridgehead atoms. The van der Waals surface area contributed by atoms with Crippen LogP contribution < -0.4 is 10.6 Å². The van der Waals surface area contributed by atoms with E-state index in [1.165, 1.54) is 19.2 Å². The molecule has 0 saturated carbocycles. The number of nitrogens with one attached hydrogen (secondary N) is 2. The number of aryl methyl sites for hydroxylation is 1. The first-order chi connectivity index (χ1) is 13.9. The highest BCUT2D eigenvalue weighted by Crippen LogP contribution is 2.20. The van der Waals surface area contributed by atoms with Crippen molar-refractivity contribution in [2.45, 2.75) is 20.3 Å². The molecule has 3 rings (SSSR count). The molecule has 0 radical (unpaired) electrons. The summed E-state index contributed by atoms with van der Waals surface area (Å²) in [5, 5.41) is 9.85. The summed E-state index contributed by atoms with van der Waals surface area (Å²) >= 11 is 0. The summed E-state index contributed by atoms with van der Waals surface area (Å²) in [4.78, 5) is 23.7. The molecule has 1 heterocycles. The molecule has 0 saturated heterocycles. The van der Waals surface area contributed by atoms with Gasteiger partial charge >= 0.3 is 6.09 Å². The number of hydrogen-bond acceptors (Lipinski definition) is 4. The Kier molecular flexibility index (Phi) is 5.92. The van der Waals surface area contributed by atoms with E-state index in [2.05, 4.69) is 20.5 Å². The van der Waals surface area contributed by atoms with Gasteiger partial charge in [-0.05, 0) is 62.4 Å². The summed E-state index contributed by atoms with van der Waals surface area (Å²) in [6, 6.07) is 12.7. The van der Waals surface area contributed by atoms with Gasteiger partial charge in [0.25, 0.3) is 0 Å². The van der Waals surface area contributed by atoms with Crippen molar-refractivity contribution in [1.29, 1.82) is 0 Å². The number of amides is 2. The van der Waals surface area contributed by atoms with Crippen molar-refractivity contribution in [2.24, 2.45) is 0 Å². The topological polar surface area (TPSA) is 85.2 Å². The monoisotopic (exact) mass is 396 g/mol. The lowest BCUT2D eigenvalue weighted by atomic mass is 10.1. The minimum atomic E-state index is -0.564. The van der Waals surface area contributed by atoms with Crippen molar-refractivity contribution in [3.8, 4) is 5.69 Å². The van der Waals surface area contributed by atoms with Gasteiger partial charge in [-0.3, -0.25) is 10.1 Å². The summed E-state index contributed by atoms with van der Waals surface area (Å²) < 4.78 is 19.4. The molecule has 2 N–H and O–H groups in total. The largest absolute Gasteiger partial charge is 0.453 e. The molecule has 0 unspecified atom stereocenters. The van der Waals surface area contributed by atoms with Gasteiger partial charge in [0.15, 0.2) is 0 Å². The molecule has 0 aliphatic heterocycles. The SMILES string of the molecule is COC(=O)Nc1ccc(NC(=O)Cc2c(C)nn(-c3ccc(F)cc3)c2C)cc1. The van der Waals surface area contributed by atoms with Gasteiger partial charge in [-0.1, -0.05) is 0 Å². The number of carbonyl (C=O) groups is 2. The molecule has 8 heteroatoms. The minimum absolute atomic E-state index is 0.154. The molecule has 7 nitrogen and oxygen atoms in total. The van der Waals surface area contributed by atoms with E-state index >= 15 is 0 Å². The number of methoxy groups -OCH3 is 1. The fourth-order valence-electron chi connectivity index (χ4n) is 2.94.